The van der Waals surface area contributed by atoms with Crippen molar-refractivity contribution in [3.05, 3.63) is 101 Å². The predicted octanol–water partition coefficient (Wildman–Crippen LogP) is 5.46. The molecule has 0 spiro atoms. The number of carbonyl (C=O) groups is 1. The van der Waals surface area contributed by atoms with E-state index >= 15 is 0 Å². The van der Waals surface area contributed by atoms with Crippen molar-refractivity contribution in [1.82, 2.24) is 14.8 Å². The molecule has 1 amide bonds. The second-order valence-electron chi connectivity index (χ2n) is 7.62. The SMILES string of the molecule is CCc1ccc(-n2c(Cc3ccccc3)nnc2SCC(=O)Nc2ccc(C)cc2)cc1. The second-order valence-corrected chi connectivity index (χ2v) is 8.56. The number of aromatic nitrogens is 3. The van der Waals surface area contributed by atoms with Crippen molar-refractivity contribution in [3.8, 4) is 5.69 Å². The normalized spacial score (nSPS) is 10.8. The molecule has 4 aromatic rings. The summed E-state index contributed by atoms with van der Waals surface area (Å²) >= 11 is 1.39. The van der Waals surface area contributed by atoms with Crippen LogP contribution in [0.15, 0.2) is 84.0 Å². The van der Waals surface area contributed by atoms with Crippen LogP contribution in [0.25, 0.3) is 5.69 Å². The van der Waals surface area contributed by atoms with E-state index in [4.69, 9.17) is 0 Å². The van der Waals surface area contributed by atoms with E-state index in [1.807, 2.05) is 49.4 Å². The number of anilines is 1. The molecule has 0 aliphatic heterocycles. The topological polar surface area (TPSA) is 59.8 Å². The molecule has 1 N–H and O–H groups in total. The minimum Gasteiger partial charge on any atom is -0.325 e. The number of nitrogens with one attached hydrogen (secondary N) is 1. The Morgan fingerprint density at radius 3 is 2.31 bits per heavy atom. The average molecular weight is 443 g/mol. The number of amides is 1. The van der Waals surface area contributed by atoms with Crippen LogP contribution in [0.2, 0.25) is 0 Å². The fourth-order valence-electron chi connectivity index (χ4n) is 3.39. The lowest BCUT2D eigenvalue weighted by Crippen LogP contribution is -2.14. The number of rotatable bonds is 8. The minimum absolute atomic E-state index is 0.0701. The third kappa shape index (κ3) is 5.45. The third-order valence-electron chi connectivity index (χ3n) is 5.18. The van der Waals surface area contributed by atoms with Crippen molar-refractivity contribution < 1.29 is 4.79 Å². The van der Waals surface area contributed by atoms with Gasteiger partial charge in [0, 0.05) is 17.8 Å². The maximum absolute atomic E-state index is 12.5. The molecule has 1 aromatic heterocycles. The molecular formula is C26H26N4OS. The highest BCUT2D eigenvalue weighted by molar-refractivity contribution is 7.99. The highest BCUT2D eigenvalue weighted by Gasteiger charge is 2.16. The fourth-order valence-corrected chi connectivity index (χ4v) is 4.16. The Balaban J connectivity index is 1.55. The van der Waals surface area contributed by atoms with Crippen molar-refractivity contribution in [1.29, 1.82) is 0 Å². The molecule has 5 nitrogen and oxygen atoms in total. The van der Waals surface area contributed by atoms with E-state index < -0.39 is 0 Å². The molecule has 0 radical (unpaired) electrons. The van der Waals surface area contributed by atoms with Gasteiger partial charge in [-0.25, -0.2) is 0 Å². The monoisotopic (exact) mass is 442 g/mol. The largest absolute Gasteiger partial charge is 0.325 e. The van der Waals surface area contributed by atoms with Gasteiger partial charge in [0.15, 0.2) is 5.16 Å². The summed E-state index contributed by atoms with van der Waals surface area (Å²) in [5, 5.41) is 12.5. The lowest BCUT2D eigenvalue weighted by molar-refractivity contribution is -0.113. The Bertz CT molecular complexity index is 1170. The van der Waals surface area contributed by atoms with Crippen LogP contribution in [0.5, 0.6) is 0 Å². The van der Waals surface area contributed by atoms with Crippen LogP contribution in [-0.2, 0) is 17.6 Å². The number of aryl methyl sites for hydroxylation is 2. The van der Waals surface area contributed by atoms with Crippen LogP contribution >= 0.6 is 11.8 Å². The molecule has 0 saturated heterocycles. The highest BCUT2D eigenvalue weighted by Crippen LogP contribution is 2.24. The Morgan fingerprint density at radius 2 is 1.62 bits per heavy atom. The van der Waals surface area contributed by atoms with Gasteiger partial charge in [-0.05, 0) is 48.7 Å². The number of benzene rings is 3. The molecule has 32 heavy (non-hydrogen) atoms. The van der Waals surface area contributed by atoms with Crippen LogP contribution in [0, 0.1) is 6.92 Å². The van der Waals surface area contributed by atoms with Crippen LogP contribution in [0.1, 0.15) is 29.4 Å². The molecule has 0 unspecified atom stereocenters. The molecule has 6 heteroatoms. The van der Waals surface area contributed by atoms with Crippen molar-refractivity contribution in [2.75, 3.05) is 11.1 Å². The Labute approximate surface area is 192 Å². The summed E-state index contributed by atoms with van der Waals surface area (Å²) < 4.78 is 2.05. The first-order valence-corrected chi connectivity index (χ1v) is 11.7. The zero-order valence-corrected chi connectivity index (χ0v) is 19.1. The van der Waals surface area contributed by atoms with Crippen LogP contribution < -0.4 is 5.32 Å². The molecule has 162 valence electrons. The van der Waals surface area contributed by atoms with Gasteiger partial charge in [0.1, 0.15) is 5.82 Å². The van der Waals surface area contributed by atoms with Gasteiger partial charge in [-0.15, -0.1) is 10.2 Å². The van der Waals surface area contributed by atoms with Gasteiger partial charge in [-0.1, -0.05) is 78.8 Å². The van der Waals surface area contributed by atoms with Crippen molar-refractivity contribution in [3.63, 3.8) is 0 Å². The summed E-state index contributed by atoms with van der Waals surface area (Å²) in [5.41, 5.74) is 5.39. The van der Waals surface area contributed by atoms with E-state index in [1.54, 1.807) is 0 Å². The fraction of sp³-hybridized carbons (Fsp3) is 0.192. The molecule has 4 rings (SSSR count). The van der Waals surface area contributed by atoms with E-state index in [1.165, 1.54) is 22.9 Å². The molecule has 3 aromatic carbocycles. The standard InChI is InChI=1S/C26H26N4OS/c1-3-20-11-15-23(16-12-20)30-24(17-21-7-5-4-6-8-21)28-29-26(30)32-18-25(31)27-22-13-9-19(2)10-14-22/h4-16H,3,17-18H2,1-2H3,(H,27,31). The maximum Gasteiger partial charge on any atom is 0.234 e. The van der Waals surface area contributed by atoms with E-state index in [0.717, 1.165) is 29.2 Å². The zero-order valence-electron chi connectivity index (χ0n) is 18.3. The van der Waals surface area contributed by atoms with Crippen LogP contribution in [0.3, 0.4) is 0 Å². The number of carbonyl (C=O) groups excluding carboxylic acids is 1. The molecule has 0 saturated carbocycles. The maximum atomic E-state index is 12.5. The lowest BCUT2D eigenvalue weighted by Gasteiger charge is -2.11. The quantitative estimate of drug-likeness (QED) is 0.368. The van der Waals surface area contributed by atoms with E-state index in [-0.39, 0.29) is 11.7 Å². The van der Waals surface area contributed by atoms with E-state index in [9.17, 15) is 4.79 Å². The molecule has 0 aliphatic carbocycles. The molecular weight excluding hydrogens is 416 g/mol. The molecule has 0 fully saturated rings. The Hall–Kier alpha value is -3.38. The van der Waals surface area contributed by atoms with E-state index in [0.29, 0.717) is 11.6 Å². The average Bonchev–Trinajstić information content (AvgIpc) is 3.22. The second kappa shape index (κ2) is 10.3. The number of hydrogen-bond acceptors (Lipinski definition) is 4. The summed E-state index contributed by atoms with van der Waals surface area (Å²) in [4.78, 5) is 12.5. The lowest BCUT2D eigenvalue weighted by atomic mass is 10.1. The van der Waals surface area contributed by atoms with Gasteiger partial charge in [0.25, 0.3) is 0 Å². The molecule has 1 heterocycles. The number of thioether (sulfide) groups is 1. The van der Waals surface area contributed by atoms with Gasteiger partial charge in [0.05, 0.1) is 5.75 Å². The molecule has 0 aliphatic rings. The molecule has 0 bridgehead atoms. The van der Waals surface area contributed by atoms with Crippen LogP contribution in [-0.4, -0.2) is 26.4 Å². The zero-order chi connectivity index (χ0) is 22.3. The van der Waals surface area contributed by atoms with Gasteiger partial charge < -0.3 is 5.32 Å². The third-order valence-corrected chi connectivity index (χ3v) is 6.10. The smallest absolute Gasteiger partial charge is 0.234 e. The summed E-state index contributed by atoms with van der Waals surface area (Å²) in [5.74, 6) is 1.03. The predicted molar refractivity (Wildman–Crippen MR) is 131 cm³/mol. The van der Waals surface area contributed by atoms with Gasteiger partial charge in [0.2, 0.25) is 5.91 Å². The first-order valence-electron chi connectivity index (χ1n) is 10.7. The van der Waals surface area contributed by atoms with Crippen molar-refractivity contribution >= 4 is 23.4 Å². The Morgan fingerprint density at radius 1 is 0.906 bits per heavy atom. The summed E-state index contributed by atoms with van der Waals surface area (Å²) in [6.45, 7) is 4.16. The summed E-state index contributed by atoms with van der Waals surface area (Å²) in [7, 11) is 0. The first kappa shape index (κ1) is 21.8. The van der Waals surface area contributed by atoms with Gasteiger partial charge in [-0.2, -0.15) is 0 Å². The number of hydrogen-bond donors (Lipinski definition) is 1. The highest BCUT2D eigenvalue weighted by atomic mass is 32.2. The summed E-state index contributed by atoms with van der Waals surface area (Å²) in [6.07, 6.45) is 1.65. The Kier molecular flexibility index (Phi) is 7.02. The van der Waals surface area contributed by atoms with Gasteiger partial charge >= 0.3 is 0 Å². The summed E-state index contributed by atoms with van der Waals surface area (Å²) in [6, 6.07) is 26.4. The van der Waals surface area contributed by atoms with Crippen molar-refractivity contribution in [2.45, 2.75) is 31.8 Å². The molecule has 0 atom stereocenters. The van der Waals surface area contributed by atoms with Crippen molar-refractivity contribution in [2.24, 2.45) is 0 Å². The number of nitrogens with zero attached hydrogens (tertiary/aromatic N) is 3. The first-order chi connectivity index (χ1) is 15.6. The van der Waals surface area contributed by atoms with E-state index in [2.05, 4.69) is 63.4 Å². The minimum atomic E-state index is -0.0701. The van der Waals surface area contributed by atoms with Crippen LogP contribution in [0.4, 0.5) is 5.69 Å². The van der Waals surface area contributed by atoms with Gasteiger partial charge in [-0.3, -0.25) is 9.36 Å².